The van der Waals surface area contributed by atoms with Crippen molar-refractivity contribution >= 4 is 12.2 Å². The first-order valence-corrected chi connectivity index (χ1v) is 2.87. The SMILES string of the molecule is Cn1[nH]c(CO)nc1=S. The summed E-state index contributed by atoms with van der Waals surface area (Å²) in [6, 6.07) is 0. The van der Waals surface area contributed by atoms with Crippen molar-refractivity contribution in [2.45, 2.75) is 6.61 Å². The van der Waals surface area contributed by atoms with E-state index in [9.17, 15) is 0 Å². The van der Waals surface area contributed by atoms with E-state index in [1.54, 1.807) is 11.7 Å². The van der Waals surface area contributed by atoms with Crippen LogP contribution in [0.25, 0.3) is 0 Å². The fraction of sp³-hybridized carbons (Fsp3) is 0.500. The quantitative estimate of drug-likeness (QED) is 0.546. The van der Waals surface area contributed by atoms with Crippen molar-refractivity contribution in [3.8, 4) is 0 Å². The lowest BCUT2D eigenvalue weighted by Gasteiger charge is -1.84. The molecule has 4 nitrogen and oxygen atoms in total. The van der Waals surface area contributed by atoms with Crippen LogP contribution >= 0.6 is 12.2 Å². The van der Waals surface area contributed by atoms with Crippen molar-refractivity contribution in [3.63, 3.8) is 0 Å². The molecule has 0 saturated heterocycles. The smallest absolute Gasteiger partial charge is 0.215 e. The highest BCUT2D eigenvalue weighted by Gasteiger charge is 1.93. The predicted octanol–water partition coefficient (Wildman–Crippen LogP) is -0.0300. The summed E-state index contributed by atoms with van der Waals surface area (Å²) in [6.45, 7) is -0.0928. The number of hydrogen-bond donors (Lipinski definition) is 2. The number of aliphatic hydroxyl groups excluding tert-OH is 1. The van der Waals surface area contributed by atoms with Crippen LogP contribution in [0.15, 0.2) is 0 Å². The van der Waals surface area contributed by atoms with Crippen LogP contribution in [0.2, 0.25) is 0 Å². The molecule has 0 unspecified atom stereocenters. The molecule has 0 aliphatic heterocycles. The first kappa shape index (κ1) is 6.44. The fourth-order valence-electron chi connectivity index (χ4n) is 0.528. The minimum Gasteiger partial charge on any atom is -0.388 e. The summed E-state index contributed by atoms with van der Waals surface area (Å²) < 4.78 is 2.03. The monoisotopic (exact) mass is 145 g/mol. The van der Waals surface area contributed by atoms with Crippen molar-refractivity contribution in [1.29, 1.82) is 0 Å². The number of rotatable bonds is 1. The maximum atomic E-state index is 8.52. The van der Waals surface area contributed by atoms with E-state index in [0.717, 1.165) is 0 Å². The molecule has 0 radical (unpaired) electrons. The molecule has 0 fully saturated rings. The van der Waals surface area contributed by atoms with Crippen molar-refractivity contribution in [1.82, 2.24) is 14.8 Å². The Morgan fingerprint density at radius 3 is 2.78 bits per heavy atom. The third-order valence-electron chi connectivity index (χ3n) is 0.964. The fourth-order valence-corrected chi connectivity index (χ4v) is 0.683. The first-order chi connectivity index (χ1) is 4.24. The minimum absolute atomic E-state index is 0.0928. The van der Waals surface area contributed by atoms with Crippen LogP contribution in [-0.2, 0) is 13.7 Å². The summed E-state index contributed by atoms with van der Waals surface area (Å²) >= 11 is 4.75. The van der Waals surface area contributed by atoms with Gasteiger partial charge < -0.3 is 5.11 Å². The predicted molar refractivity (Wildman–Crippen MR) is 34.3 cm³/mol. The van der Waals surface area contributed by atoms with Gasteiger partial charge in [-0.15, -0.1) is 0 Å². The standard InChI is InChI=1S/C4H7N3OS/c1-7-4(9)5-3(2-8)6-7/h8H,2H2,1H3,(H,5,6,9). The van der Waals surface area contributed by atoms with Gasteiger partial charge in [0.25, 0.3) is 0 Å². The Hall–Kier alpha value is -0.680. The van der Waals surface area contributed by atoms with Crippen molar-refractivity contribution in [3.05, 3.63) is 10.6 Å². The minimum atomic E-state index is -0.0928. The van der Waals surface area contributed by atoms with Gasteiger partial charge >= 0.3 is 0 Å². The topological polar surface area (TPSA) is 53.8 Å². The lowest BCUT2D eigenvalue weighted by molar-refractivity contribution is 0.271. The van der Waals surface area contributed by atoms with Gasteiger partial charge in [0.15, 0.2) is 0 Å². The van der Waals surface area contributed by atoms with Gasteiger partial charge in [-0.25, -0.2) is 4.98 Å². The highest BCUT2D eigenvalue weighted by molar-refractivity contribution is 7.71. The summed E-state index contributed by atoms with van der Waals surface area (Å²) in [7, 11) is 1.74. The van der Waals surface area contributed by atoms with Crippen molar-refractivity contribution < 1.29 is 5.11 Å². The van der Waals surface area contributed by atoms with E-state index in [0.29, 0.717) is 10.6 Å². The van der Waals surface area contributed by atoms with E-state index >= 15 is 0 Å². The van der Waals surface area contributed by atoms with Crippen LogP contribution in [0.4, 0.5) is 0 Å². The van der Waals surface area contributed by atoms with Gasteiger partial charge in [0, 0.05) is 7.05 Å². The summed E-state index contributed by atoms with van der Waals surface area (Å²) in [6.07, 6.45) is 0. The van der Waals surface area contributed by atoms with Crippen molar-refractivity contribution in [2.24, 2.45) is 7.05 Å². The summed E-state index contributed by atoms with van der Waals surface area (Å²) in [4.78, 5) is 3.80. The Balaban J connectivity index is 3.13. The first-order valence-electron chi connectivity index (χ1n) is 2.47. The van der Waals surface area contributed by atoms with Crippen LogP contribution < -0.4 is 0 Å². The molecular weight excluding hydrogens is 138 g/mol. The zero-order chi connectivity index (χ0) is 6.85. The van der Waals surface area contributed by atoms with Crippen LogP contribution in [0, 0.1) is 4.77 Å². The second-order valence-electron chi connectivity index (χ2n) is 1.67. The second-order valence-corrected chi connectivity index (χ2v) is 2.04. The van der Waals surface area contributed by atoms with E-state index in [4.69, 9.17) is 17.3 Å². The molecule has 0 saturated carbocycles. The van der Waals surface area contributed by atoms with Crippen LogP contribution in [0.5, 0.6) is 0 Å². The average molecular weight is 145 g/mol. The Morgan fingerprint density at radius 1 is 1.89 bits per heavy atom. The van der Waals surface area contributed by atoms with E-state index < -0.39 is 0 Å². The molecule has 9 heavy (non-hydrogen) atoms. The molecular formula is C4H7N3OS. The molecule has 50 valence electrons. The molecule has 5 heteroatoms. The van der Waals surface area contributed by atoms with Gasteiger partial charge in [0.2, 0.25) is 4.77 Å². The zero-order valence-corrected chi connectivity index (χ0v) is 5.77. The van der Waals surface area contributed by atoms with E-state index in [-0.39, 0.29) is 6.61 Å². The zero-order valence-electron chi connectivity index (χ0n) is 4.96. The van der Waals surface area contributed by atoms with Crippen LogP contribution in [-0.4, -0.2) is 19.9 Å². The number of aliphatic hydroxyl groups is 1. The van der Waals surface area contributed by atoms with Gasteiger partial charge in [0.05, 0.1) is 0 Å². The van der Waals surface area contributed by atoms with Gasteiger partial charge in [-0.2, -0.15) is 0 Å². The van der Waals surface area contributed by atoms with Crippen LogP contribution in [0.3, 0.4) is 0 Å². The van der Waals surface area contributed by atoms with E-state index in [1.807, 2.05) is 0 Å². The lowest BCUT2D eigenvalue weighted by atomic mass is 10.7. The largest absolute Gasteiger partial charge is 0.388 e. The Morgan fingerprint density at radius 2 is 2.56 bits per heavy atom. The molecule has 0 spiro atoms. The van der Waals surface area contributed by atoms with Gasteiger partial charge in [-0.05, 0) is 12.2 Å². The molecule has 1 heterocycles. The maximum Gasteiger partial charge on any atom is 0.215 e. The molecule has 1 aromatic rings. The Bertz CT molecular complexity index is 251. The average Bonchev–Trinajstić information content (AvgIpc) is 2.13. The summed E-state index contributed by atoms with van der Waals surface area (Å²) in [5, 5.41) is 11.3. The second kappa shape index (κ2) is 2.28. The number of nitrogens with zero attached hydrogens (tertiary/aromatic N) is 2. The normalized spacial score (nSPS) is 10.0. The van der Waals surface area contributed by atoms with Crippen molar-refractivity contribution in [2.75, 3.05) is 0 Å². The van der Waals surface area contributed by atoms with E-state index in [2.05, 4.69) is 10.1 Å². The molecule has 1 rings (SSSR count). The number of aromatic nitrogens is 3. The number of nitrogens with one attached hydrogen (secondary N) is 1. The highest BCUT2D eigenvalue weighted by atomic mass is 32.1. The molecule has 0 atom stereocenters. The van der Waals surface area contributed by atoms with Gasteiger partial charge in [-0.3, -0.25) is 9.78 Å². The maximum absolute atomic E-state index is 8.52. The molecule has 0 bridgehead atoms. The third-order valence-corrected chi connectivity index (χ3v) is 1.33. The van der Waals surface area contributed by atoms with Crippen LogP contribution in [0.1, 0.15) is 5.82 Å². The number of hydrogen-bond acceptors (Lipinski definition) is 3. The third kappa shape index (κ3) is 1.17. The lowest BCUT2D eigenvalue weighted by Crippen LogP contribution is -1.91. The molecule has 0 aliphatic carbocycles. The summed E-state index contributed by atoms with van der Waals surface area (Å²) in [5.74, 6) is 0.502. The molecule has 0 amide bonds. The number of H-pyrrole nitrogens is 1. The summed E-state index contributed by atoms with van der Waals surface area (Å²) in [5.41, 5.74) is 0. The Kier molecular flexibility index (Phi) is 1.63. The molecule has 2 N–H and O–H groups in total. The molecule has 1 aromatic heterocycles. The van der Waals surface area contributed by atoms with Gasteiger partial charge in [0.1, 0.15) is 12.4 Å². The van der Waals surface area contributed by atoms with Gasteiger partial charge in [-0.1, -0.05) is 0 Å². The number of aromatic amines is 1. The molecule has 0 aromatic carbocycles. The highest BCUT2D eigenvalue weighted by Crippen LogP contribution is 1.88. The number of aryl methyl sites for hydroxylation is 1. The van der Waals surface area contributed by atoms with E-state index in [1.165, 1.54) is 0 Å². The molecule has 0 aliphatic rings. The Labute approximate surface area is 57.1 Å².